The van der Waals surface area contributed by atoms with E-state index in [1.165, 1.54) is 4.90 Å². The summed E-state index contributed by atoms with van der Waals surface area (Å²) in [6, 6.07) is 6.48. The van der Waals surface area contributed by atoms with E-state index in [1.807, 2.05) is 12.1 Å². The fourth-order valence-electron chi connectivity index (χ4n) is 3.09. The molecule has 156 valence electrons. The molecule has 3 rings (SSSR count). The van der Waals surface area contributed by atoms with Crippen molar-refractivity contribution in [3.63, 3.8) is 0 Å². The minimum absolute atomic E-state index is 0.238. The van der Waals surface area contributed by atoms with Gasteiger partial charge in [-0.1, -0.05) is 25.7 Å². The molecule has 0 bridgehead atoms. The van der Waals surface area contributed by atoms with Crippen LogP contribution in [0.3, 0.4) is 0 Å². The quantitative estimate of drug-likeness (QED) is 0.532. The second kappa shape index (κ2) is 8.79. The Labute approximate surface area is 171 Å². The van der Waals surface area contributed by atoms with E-state index in [9.17, 15) is 9.59 Å². The Morgan fingerprint density at radius 2 is 2.07 bits per heavy atom. The first-order valence-corrected chi connectivity index (χ1v) is 13.4. The normalized spacial score (nSPS) is 13.8. The van der Waals surface area contributed by atoms with Gasteiger partial charge in [-0.2, -0.15) is 0 Å². The van der Waals surface area contributed by atoms with Gasteiger partial charge in [0.25, 0.3) is 5.91 Å². The summed E-state index contributed by atoms with van der Waals surface area (Å²) in [4.78, 5) is 29.3. The van der Waals surface area contributed by atoms with E-state index in [4.69, 9.17) is 9.84 Å². The van der Waals surface area contributed by atoms with Gasteiger partial charge in [0.05, 0.1) is 12.5 Å². The average molecular weight is 417 g/mol. The molecule has 0 saturated carbocycles. The van der Waals surface area contributed by atoms with Crippen LogP contribution in [-0.4, -0.2) is 52.8 Å². The molecule has 0 saturated heterocycles. The van der Waals surface area contributed by atoms with Gasteiger partial charge in [-0.25, -0.2) is 9.78 Å². The van der Waals surface area contributed by atoms with Crippen molar-refractivity contribution in [1.29, 1.82) is 0 Å². The third-order valence-electron chi connectivity index (χ3n) is 4.86. The van der Waals surface area contributed by atoms with Crippen LogP contribution in [0.2, 0.25) is 25.7 Å². The number of nitrogens with one attached hydrogen (secondary N) is 1. The predicted molar refractivity (Wildman–Crippen MR) is 113 cm³/mol. The molecule has 0 radical (unpaired) electrons. The van der Waals surface area contributed by atoms with Crippen molar-refractivity contribution >= 4 is 25.9 Å². The van der Waals surface area contributed by atoms with Crippen LogP contribution in [0.4, 0.5) is 10.6 Å². The molecule has 2 aromatic rings. The lowest BCUT2D eigenvalue weighted by Crippen LogP contribution is -2.34. The minimum Gasteiger partial charge on any atom is -0.465 e. The predicted octanol–water partition coefficient (Wildman–Crippen LogP) is 3.48. The lowest BCUT2D eigenvalue weighted by Gasteiger charge is -2.26. The first-order valence-electron chi connectivity index (χ1n) is 9.72. The third kappa shape index (κ3) is 5.91. The molecule has 0 fully saturated rings. The van der Waals surface area contributed by atoms with E-state index < -0.39 is 14.2 Å². The maximum absolute atomic E-state index is 12.6. The zero-order chi connectivity index (χ0) is 21.0. The highest BCUT2D eigenvalue weighted by atomic mass is 28.3. The lowest BCUT2D eigenvalue weighted by molar-refractivity contribution is 0.0871. The Hall–Kier alpha value is -2.65. The molecule has 0 unspecified atom stereocenters. The average Bonchev–Trinajstić information content (AvgIpc) is 3.10. The van der Waals surface area contributed by atoms with Crippen molar-refractivity contribution in [2.24, 2.45) is 0 Å². The van der Waals surface area contributed by atoms with E-state index in [-0.39, 0.29) is 5.91 Å². The molecule has 0 atom stereocenters. The molecule has 0 aliphatic carbocycles. The zero-order valence-corrected chi connectivity index (χ0v) is 18.1. The van der Waals surface area contributed by atoms with Gasteiger partial charge < -0.3 is 24.6 Å². The van der Waals surface area contributed by atoms with Gasteiger partial charge in [-0.3, -0.25) is 4.79 Å². The summed E-state index contributed by atoms with van der Waals surface area (Å²) in [5.74, 6) is 0.233. The number of amides is 2. The van der Waals surface area contributed by atoms with Gasteiger partial charge in [0.1, 0.15) is 6.73 Å². The number of rotatable bonds is 7. The number of anilines is 1. The Morgan fingerprint density at radius 3 is 2.79 bits per heavy atom. The number of hydrogen-bond donors (Lipinski definition) is 2. The second-order valence-electron chi connectivity index (χ2n) is 8.51. The molecule has 8 nitrogen and oxygen atoms in total. The maximum Gasteiger partial charge on any atom is 0.407 e. The summed E-state index contributed by atoms with van der Waals surface area (Å²) in [6.07, 6.45) is 3.07. The molecular weight excluding hydrogens is 388 g/mol. The van der Waals surface area contributed by atoms with E-state index in [0.29, 0.717) is 37.6 Å². The van der Waals surface area contributed by atoms with Crippen molar-refractivity contribution in [2.45, 2.75) is 45.4 Å². The molecule has 2 heterocycles. The summed E-state index contributed by atoms with van der Waals surface area (Å²) in [6.45, 7) is 8.86. The number of carbonyl (C=O) groups is 2. The number of carbonyl (C=O) groups excluding carboxylic acids is 1. The van der Waals surface area contributed by atoms with Crippen LogP contribution in [0.1, 0.15) is 21.5 Å². The van der Waals surface area contributed by atoms with Crippen molar-refractivity contribution in [3.8, 4) is 0 Å². The van der Waals surface area contributed by atoms with E-state index in [0.717, 1.165) is 23.8 Å². The zero-order valence-electron chi connectivity index (χ0n) is 17.1. The van der Waals surface area contributed by atoms with E-state index in [1.54, 1.807) is 23.2 Å². The highest BCUT2D eigenvalue weighted by Gasteiger charge is 2.21. The largest absolute Gasteiger partial charge is 0.465 e. The lowest BCUT2D eigenvalue weighted by atomic mass is 9.97. The van der Waals surface area contributed by atoms with Crippen LogP contribution >= 0.6 is 0 Å². The van der Waals surface area contributed by atoms with Crippen LogP contribution in [0, 0.1) is 0 Å². The summed E-state index contributed by atoms with van der Waals surface area (Å²) in [5, 5.41) is 11.9. The second-order valence-corrected chi connectivity index (χ2v) is 14.1. The molecule has 0 spiro atoms. The molecule has 2 amide bonds. The molecule has 1 aliphatic heterocycles. The Balaban J connectivity index is 1.55. The van der Waals surface area contributed by atoms with Crippen molar-refractivity contribution in [3.05, 3.63) is 47.4 Å². The standard InChI is InChI=1S/C20H28N4O4Si/c1-29(2,3)9-8-28-14-23-12-18(21-13-23)22-19(25)16-4-5-17-11-24(20(26)27)7-6-15(17)10-16/h4-5,10,12-13H,6-9,11,14H2,1-3H3,(H,22,25)(H,26,27). The smallest absolute Gasteiger partial charge is 0.407 e. The van der Waals surface area contributed by atoms with Crippen LogP contribution in [0.15, 0.2) is 30.7 Å². The van der Waals surface area contributed by atoms with Crippen molar-refractivity contribution < 1.29 is 19.4 Å². The first-order chi connectivity index (χ1) is 13.7. The number of fused-ring (bicyclic) bond motifs is 1. The van der Waals surface area contributed by atoms with Gasteiger partial charge in [-0.05, 0) is 35.7 Å². The summed E-state index contributed by atoms with van der Waals surface area (Å²) < 4.78 is 7.48. The number of nitrogens with zero attached hydrogens (tertiary/aromatic N) is 3. The van der Waals surface area contributed by atoms with Crippen LogP contribution in [0.5, 0.6) is 0 Å². The molecule has 1 aliphatic rings. The fourth-order valence-corrected chi connectivity index (χ4v) is 3.85. The van der Waals surface area contributed by atoms with Gasteiger partial charge in [0.2, 0.25) is 0 Å². The van der Waals surface area contributed by atoms with Gasteiger partial charge in [-0.15, -0.1) is 0 Å². The fraction of sp³-hybridized carbons (Fsp3) is 0.450. The molecule has 1 aromatic carbocycles. The monoisotopic (exact) mass is 416 g/mol. The molecule has 29 heavy (non-hydrogen) atoms. The van der Waals surface area contributed by atoms with Crippen molar-refractivity contribution in [2.75, 3.05) is 18.5 Å². The number of carboxylic acid groups (broad SMARTS) is 1. The van der Waals surface area contributed by atoms with Crippen LogP contribution < -0.4 is 5.32 Å². The van der Waals surface area contributed by atoms with Gasteiger partial charge in [0.15, 0.2) is 5.82 Å². The maximum atomic E-state index is 12.6. The minimum atomic E-state index is -1.11. The van der Waals surface area contributed by atoms with Crippen LogP contribution in [-0.2, 0) is 24.4 Å². The Morgan fingerprint density at radius 1 is 1.28 bits per heavy atom. The van der Waals surface area contributed by atoms with Crippen LogP contribution in [0.25, 0.3) is 0 Å². The SMILES string of the molecule is C[Si](C)(C)CCOCn1cnc(NC(=O)c2ccc3c(c2)CCN(C(=O)O)C3)c1. The van der Waals surface area contributed by atoms with Crippen molar-refractivity contribution in [1.82, 2.24) is 14.5 Å². The summed E-state index contributed by atoms with van der Waals surface area (Å²) >= 11 is 0. The Bertz CT molecular complexity index is 891. The van der Waals surface area contributed by atoms with Gasteiger partial charge in [0, 0.05) is 33.3 Å². The number of aromatic nitrogens is 2. The summed E-state index contributed by atoms with van der Waals surface area (Å²) in [5.41, 5.74) is 2.49. The third-order valence-corrected chi connectivity index (χ3v) is 6.57. The highest BCUT2D eigenvalue weighted by Crippen LogP contribution is 2.21. The number of benzene rings is 1. The van der Waals surface area contributed by atoms with E-state index in [2.05, 4.69) is 29.9 Å². The number of hydrogen-bond acceptors (Lipinski definition) is 4. The van der Waals surface area contributed by atoms with E-state index >= 15 is 0 Å². The molecule has 1 aromatic heterocycles. The Kier molecular flexibility index (Phi) is 6.38. The van der Waals surface area contributed by atoms with Gasteiger partial charge >= 0.3 is 6.09 Å². The molecular formula is C20H28N4O4Si. The summed E-state index contributed by atoms with van der Waals surface area (Å²) in [7, 11) is -1.11. The highest BCUT2D eigenvalue weighted by molar-refractivity contribution is 6.76. The number of imidazole rings is 1. The number of ether oxygens (including phenoxy) is 1. The topological polar surface area (TPSA) is 96.7 Å². The molecule has 2 N–H and O–H groups in total. The first kappa shape index (κ1) is 21.1. The molecule has 9 heteroatoms.